The lowest BCUT2D eigenvalue weighted by Crippen LogP contribution is -2.18. The average molecular weight is 404 g/mol. The summed E-state index contributed by atoms with van der Waals surface area (Å²) in [5.74, 6) is 0.864. The molecule has 0 saturated heterocycles. The van der Waals surface area contributed by atoms with Crippen LogP contribution in [0.5, 0.6) is 11.5 Å². The molecule has 28 heavy (non-hydrogen) atoms. The average Bonchev–Trinajstić information content (AvgIpc) is 3.21. The molecular formula is C19H15ClFN3O4. The minimum absolute atomic E-state index is 0.168. The highest BCUT2D eigenvalue weighted by molar-refractivity contribution is 6.30. The highest BCUT2D eigenvalue weighted by Gasteiger charge is 2.17. The summed E-state index contributed by atoms with van der Waals surface area (Å²) >= 11 is 5.80. The van der Waals surface area contributed by atoms with Crippen LogP contribution in [0.25, 0.3) is 10.9 Å². The lowest BCUT2D eigenvalue weighted by atomic mass is 10.2. The lowest BCUT2D eigenvalue weighted by Gasteiger charge is -2.16. The molecule has 2 heterocycles. The number of benzene rings is 2. The Labute approximate surface area is 164 Å². The van der Waals surface area contributed by atoms with Crippen molar-refractivity contribution >= 4 is 34.0 Å². The zero-order chi connectivity index (χ0) is 19.5. The molecule has 0 spiro atoms. The maximum absolute atomic E-state index is 14.1. The molecule has 0 amide bonds. The fourth-order valence-corrected chi connectivity index (χ4v) is 2.82. The minimum Gasteiger partial charge on any atom is -0.493 e. The van der Waals surface area contributed by atoms with Crippen LogP contribution in [0.4, 0.5) is 15.9 Å². The van der Waals surface area contributed by atoms with Crippen molar-refractivity contribution in [1.82, 2.24) is 9.97 Å². The summed E-state index contributed by atoms with van der Waals surface area (Å²) in [6.07, 6.45) is 3.76. The third-order valence-electron chi connectivity index (χ3n) is 4.00. The van der Waals surface area contributed by atoms with Gasteiger partial charge in [0.2, 0.25) is 0 Å². The summed E-state index contributed by atoms with van der Waals surface area (Å²) in [6.45, 7) is 0.168. The topological polar surface area (TPSA) is 74.7 Å². The Balaban J connectivity index is 1.65. The molecule has 9 heteroatoms. The first kappa shape index (κ1) is 18.1. The number of hydrogen-bond acceptors (Lipinski definition) is 7. The number of rotatable bonds is 6. The van der Waals surface area contributed by atoms with Crippen molar-refractivity contribution in [2.75, 3.05) is 19.0 Å². The molecule has 1 N–H and O–H groups in total. The van der Waals surface area contributed by atoms with Gasteiger partial charge in [-0.05, 0) is 24.3 Å². The van der Waals surface area contributed by atoms with Crippen LogP contribution in [0, 0.1) is 5.82 Å². The number of nitrogens with zero attached hydrogens (tertiary/aromatic N) is 2. The fourth-order valence-electron chi connectivity index (χ4n) is 2.66. The van der Waals surface area contributed by atoms with Crippen LogP contribution in [0.2, 0.25) is 5.02 Å². The van der Waals surface area contributed by atoms with Crippen LogP contribution in [0.15, 0.2) is 49.2 Å². The number of fused-ring (bicyclic) bond motifs is 1. The number of ether oxygens (including phenoxy) is 4. The molecule has 0 aliphatic carbocycles. The number of anilines is 2. The standard InChI is InChI=1S/C19H15ClFN3O4/c1-25-16-7-12-15(8-17(16)28-9-18-26-4-5-27-18)22-10-23-19(12)24-14-3-2-11(20)6-13(14)21/h2-8,10,18H,9H2,1H3,(H,22,23,24). The molecule has 0 radical (unpaired) electrons. The Morgan fingerprint density at radius 2 is 1.96 bits per heavy atom. The van der Waals surface area contributed by atoms with Gasteiger partial charge in [0, 0.05) is 16.5 Å². The lowest BCUT2D eigenvalue weighted by molar-refractivity contribution is -0.0523. The van der Waals surface area contributed by atoms with E-state index in [1.165, 1.54) is 38.1 Å². The van der Waals surface area contributed by atoms with Gasteiger partial charge in [-0.25, -0.2) is 14.4 Å². The first-order valence-electron chi connectivity index (χ1n) is 8.27. The summed E-state index contributed by atoms with van der Waals surface area (Å²) in [6, 6.07) is 7.78. The van der Waals surface area contributed by atoms with Crippen LogP contribution < -0.4 is 14.8 Å². The molecule has 0 unspecified atom stereocenters. The summed E-state index contributed by atoms with van der Waals surface area (Å²) in [5.41, 5.74) is 0.834. The smallest absolute Gasteiger partial charge is 0.273 e. The summed E-state index contributed by atoms with van der Waals surface area (Å²) in [5, 5.41) is 3.91. The van der Waals surface area contributed by atoms with Crippen molar-refractivity contribution < 1.29 is 23.3 Å². The second-order valence-corrected chi connectivity index (χ2v) is 6.21. The molecule has 4 rings (SSSR count). The largest absolute Gasteiger partial charge is 0.493 e. The number of methoxy groups -OCH3 is 1. The van der Waals surface area contributed by atoms with Crippen molar-refractivity contribution in [3.8, 4) is 11.5 Å². The van der Waals surface area contributed by atoms with E-state index in [4.69, 9.17) is 30.5 Å². The van der Waals surface area contributed by atoms with Crippen molar-refractivity contribution in [3.05, 3.63) is 60.0 Å². The Hall–Kier alpha value is -3.26. The highest BCUT2D eigenvalue weighted by Crippen LogP contribution is 2.35. The van der Waals surface area contributed by atoms with Crippen molar-refractivity contribution in [1.29, 1.82) is 0 Å². The number of halogens is 2. The Bertz CT molecular complexity index is 1040. The van der Waals surface area contributed by atoms with Crippen molar-refractivity contribution in [2.45, 2.75) is 6.29 Å². The molecule has 3 aromatic rings. The molecule has 0 saturated carbocycles. The van der Waals surface area contributed by atoms with E-state index in [0.29, 0.717) is 33.2 Å². The molecule has 2 aromatic carbocycles. The Morgan fingerprint density at radius 1 is 1.14 bits per heavy atom. The molecular weight excluding hydrogens is 389 g/mol. The van der Waals surface area contributed by atoms with Gasteiger partial charge in [0.05, 0.1) is 18.3 Å². The monoisotopic (exact) mass is 403 g/mol. The van der Waals surface area contributed by atoms with E-state index >= 15 is 0 Å². The molecule has 0 fully saturated rings. The molecule has 7 nitrogen and oxygen atoms in total. The van der Waals surface area contributed by atoms with Crippen LogP contribution in [-0.2, 0) is 9.47 Å². The second kappa shape index (κ2) is 7.77. The maximum atomic E-state index is 14.1. The molecule has 144 valence electrons. The predicted octanol–water partition coefficient (Wildman–Crippen LogP) is 4.40. The molecule has 0 bridgehead atoms. The van der Waals surface area contributed by atoms with Crippen LogP contribution >= 0.6 is 11.6 Å². The first-order valence-corrected chi connectivity index (χ1v) is 8.65. The Kier molecular flexibility index (Phi) is 5.03. The molecule has 1 aliphatic heterocycles. The third kappa shape index (κ3) is 3.72. The van der Waals surface area contributed by atoms with Gasteiger partial charge in [0.15, 0.2) is 18.1 Å². The van der Waals surface area contributed by atoms with Crippen molar-refractivity contribution in [2.24, 2.45) is 0 Å². The number of aromatic nitrogens is 2. The van der Waals surface area contributed by atoms with Gasteiger partial charge < -0.3 is 24.3 Å². The van der Waals surface area contributed by atoms with Gasteiger partial charge in [0.1, 0.15) is 30.5 Å². The van der Waals surface area contributed by atoms with E-state index in [9.17, 15) is 4.39 Å². The summed E-state index contributed by atoms with van der Waals surface area (Å²) in [7, 11) is 1.52. The van der Waals surface area contributed by atoms with E-state index in [1.807, 2.05) is 0 Å². The van der Waals surface area contributed by atoms with Crippen LogP contribution in [-0.4, -0.2) is 30.0 Å². The quantitative estimate of drug-likeness (QED) is 0.653. The highest BCUT2D eigenvalue weighted by atomic mass is 35.5. The molecule has 0 atom stereocenters. The van der Waals surface area contributed by atoms with E-state index < -0.39 is 12.1 Å². The number of nitrogens with one attached hydrogen (secondary N) is 1. The maximum Gasteiger partial charge on any atom is 0.273 e. The second-order valence-electron chi connectivity index (χ2n) is 5.78. The van der Waals surface area contributed by atoms with Crippen molar-refractivity contribution in [3.63, 3.8) is 0 Å². The molecule has 1 aromatic heterocycles. The minimum atomic E-state index is -0.518. The van der Waals surface area contributed by atoms with E-state index in [1.54, 1.807) is 18.2 Å². The van der Waals surface area contributed by atoms with E-state index in [0.717, 1.165) is 0 Å². The SMILES string of the molecule is COc1cc2c(Nc3ccc(Cl)cc3F)ncnc2cc1OCC1OC=CO1. The van der Waals surface area contributed by atoms with E-state index in [2.05, 4.69) is 15.3 Å². The van der Waals surface area contributed by atoms with Gasteiger partial charge in [0.25, 0.3) is 6.29 Å². The Morgan fingerprint density at radius 3 is 2.71 bits per heavy atom. The van der Waals surface area contributed by atoms with Crippen LogP contribution in [0.1, 0.15) is 0 Å². The summed E-state index contributed by atoms with van der Waals surface area (Å²) < 4.78 is 35.7. The summed E-state index contributed by atoms with van der Waals surface area (Å²) in [4.78, 5) is 8.47. The van der Waals surface area contributed by atoms with Gasteiger partial charge in [-0.2, -0.15) is 0 Å². The zero-order valence-corrected chi connectivity index (χ0v) is 15.4. The van der Waals surface area contributed by atoms with Crippen LogP contribution in [0.3, 0.4) is 0 Å². The molecule has 1 aliphatic rings. The first-order chi connectivity index (χ1) is 13.6. The fraction of sp³-hybridized carbons (Fsp3) is 0.158. The zero-order valence-electron chi connectivity index (χ0n) is 14.7. The third-order valence-corrected chi connectivity index (χ3v) is 4.23. The normalized spacial score (nSPS) is 13.2. The van der Waals surface area contributed by atoms with Gasteiger partial charge in [-0.1, -0.05) is 11.6 Å². The van der Waals surface area contributed by atoms with Gasteiger partial charge >= 0.3 is 0 Å². The van der Waals surface area contributed by atoms with Gasteiger partial charge in [-0.3, -0.25) is 0 Å². The van der Waals surface area contributed by atoms with Gasteiger partial charge in [-0.15, -0.1) is 0 Å². The van der Waals surface area contributed by atoms with E-state index in [-0.39, 0.29) is 12.3 Å². The predicted molar refractivity (Wildman–Crippen MR) is 101 cm³/mol. The number of hydrogen-bond donors (Lipinski definition) is 1.